The molecule has 0 aromatic carbocycles. The molecular weight excluding hydrogens is 409 g/mol. The second kappa shape index (κ2) is 7.35. The second-order valence-corrected chi connectivity index (χ2v) is 8.45. The van der Waals surface area contributed by atoms with Crippen LogP contribution in [0.3, 0.4) is 0 Å². The van der Waals surface area contributed by atoms with Crippen molar-refractivity contribution in [1.29, 1.82) is 0 Å². The summed E-state index contributed by atoms with van der Waals surface area (Å²) in [6.45, 7) is 0.527. The number of amides is 1. The summed E-state index contributed by atoms with van der Waals surface area (Å²) in [6, 6.07) is 2.27. The molecule has 164 valence electrons. The molecule has 3 aromatic rings. The molecule has 1 aliphatic heterocycles. The molecule has 0 N–H and O–H groups in total. The Kier molecular flexibility index (Phi) is 4.75. The molecule has 7 nitrogen and oxygen atoms in total. The van der Waals surface area contributed by atoms with Crippen LogP contribution in [0, 0.1) is 0 Å². The van der Waals surface area contributed by atoms with Crippen molar-refractivity contribution in [3.05, 3.63) is 47.2 Å². The first kappa shape index (κ1) is 20.0. The number of aryl methyl sites for hydroxylation is 1. The van der Waals surface area contributed by atoms with E-state index >= 15 is 0 Å². The largest absolute Gasteiger partial charge is 0.433 e. The number of halogens is 3. The fourth-order valence-electron chi connectivity index (χ4n) is 4.35. The lowest BCUT2D eigenvalue weighted by Gasteiger charge is -2.28. The van der Waals surface area contributed by atoms with Gasteiger partial charge in [-0.05, 0) is 31.7 Å². The fraction of sp³-hybridized carbons (Fsp3) is 0.524. The van der Waals surface area contributed by atoms with Gasteiger partial charge < -0.3 is 4.90 Å². The van der Waals surface area contributed by atoms with Crippen molar-refractivity contribution in [2.75, 3.05) is 6.54 Å². The minimum atomic E-state index is -4.59. The average molecular weight is 432 g/mol. The van der Waals surface area contributed by atoms with Gasteiger partial charge in [0.05, 0.1) is 12.2 Å². The summed E-state index contributed by atoms with van der Waals surface area (Å²) < 4.78 is 43.5. The van der Waals surface area contributed by atoms with E-state index in [-0.39, 0.29) is 29.2 Å². The first-order valence-corrected chi connectivity index (χ1v) is 10.6. The van der Waals surface area contributed by atoms with Crippen LogP contribution in [0.15, 0.2) is 24.5 Å². The van der Waals surface area contributed by atoms with Crippen LogP contribution < -0.4 is 0 Å². The molecule has 1 saturated heterocycles. The molecule has 1 aliphatic carbocycles. The van der Waals surface area contributed by atoms with Gasteiger partial charge >= 0.3 is 6.18 Å². The van der Waals surface area contributed by atoms with Crippen LogP contribution in [0.25, 0.3) is 5.65 Å². The average Bonchev–Trinajstić information content (AvgIpc) is 3.42. The van der Waals surface area contributed by atoms with Crippen LogP contribution in [0.4, 0.5) is 13.2 Å². The summed E-state index contributed by atoms with van der Waals surface area (Å²) in [5, 5.41) is 8.28. The van der Waals surface area contributed by atoms with E-state index in [0.717, 1.165) is 54.7 Å². The minimum Gasteiger partial charge on any atom is -0.330 e. The molecular formula is C21H23F3N6O. The molecule has 3 aromatic heterocycles. The van der Waals surface area contributed by atoms with Crippen LogP contribution in [0.1, 0.15) is 77.9 Å². The number of carbonyl (C=O) groups is 1. The molecule has 31 heavy (non-hydrogen) atoms. The van der Waals surface area contributed by atoms with Crippen molar-refractivity contribution in [2.45, 2.75) is 56.7 Å². The number of alkyl halides is 3. The summed E-state index contributed by atoms with van der Waals surface area (Å²) in [4.78, 5) is 19.5. The van der Waals surface area contributed by atoms with E-state index in [1.165, 1.54) is 6.07 Å². The lowest BCUT2D eigenvalue weighted by atomic mass is 10.0. The standard InChI is InChI=1S/C21H23F3N6O/c1-28-12-14(11-25-28)17-5-3-2-4-8-29(17)20(31)16-10-19-26-15(13-6-7-13)9-18(21(22,23)24)30(19)27-16/h9-13,17H,2-8H2,1H3/t17-/m0/s1. The Morgan fingerprint density at radius 3 is 2.61 bits per heavy atom. The van der Waals surface area contributed by atoms with Crippen LogP contribution >= 0.6 is 0 Å². The van der Waals surface area contributed by atoms with E-state index in [2.05, 4.69) is 15.2 Å². The SMILES string of the molecule is Cn1cc([C@@H]2CCCCCN2C(=O)c2cc3nc(C4CC4)cc(C(F)(F)F)n3n2)cn1. The van der Waals surface area contributed by atoms with Crippen molar-refractivity contribution < 1.29 is 18.0 Å². The third-order valence-electron chi connectivity index (χ3n) is 6.08. The Morgan fingerprint density at radius 1 is 1.13 bits per heavy atom. The maximum atomic E-state index is 13.7. The summed E-state index contributed by atoms with van der Waals surface area (Å²) in [5.41, 5.74) is 0.501. The van der Waals surface area contributed by atoms with Crippen LogP contribution in [-0.4, -0.2) is 41.7 Å². The quantitative estimate of drug-likeness (QED) is 0.625. The zero-order valence-corrected chi connectivity index (χ0v) is 17.1. The molecule has 5 rings (SSSR count). The topological polar surface area (TPSA) is 68.3 Å². The predicted octanol–water partition coefficient (Wildman–Crippen LogP) is 4.12. The first-order chi connectivity index (χ1) is 14.8. The number of rotatable bonds is 3. The molecule has 4 heterocycles. The number of aromatic nitrogens is 5. The highest BCUT2D eigenvalue weighted by Crippen LogP contribution is 2.41. The molecule has 0 unspecified atom stereocenters. The third kappa shape index (κ3) is 3.79. The van der Waals surface area contributed by atoms with E-state index in [1.54, 1.807) is 15.8 Å². The van der Waals surface area contributed by atoms with Crippen molar-refractivity contribution in [2.24, 2.45) is 7.05 Å². The van der Waals surface area contributed by atoms with E-state index in [4.69, 9.17) is 0 Å². The molecule has 2 aliphatic rings. The number of nitrogens with zero attached hydrogens (tertiary/aromatic N) is 6. The number of likely N-dealkylation sites (tertiary alicyclic amines) is 1. The van der Waals surface area contributed by atoms with Crippen LogP contribution in [-0.2, 0) is 13.2 Å². The Balaban J connectivity index is 1.55. The van der Waals surface area contributed by atoms with Gasteiger partial charge in [0.25, 0.3) is 5.91 Å². The summed E-state index contributed by atoms with van der Waals surface area (Å²) in [5.74, 6) is -0.317. The summed E-state index contributed by atoms with van der Waals surface area (Å²) in [7, 11) is 1.82. The van der Waals surface area contributed by atoms with Gasteiger partial charge in [0, 0.05) is 43.0 Å². The summed E-state index contributed by atoms with van der Waals surface area (Å²) >= 11 is 0. The van der Waals surface area contributed by atoms with E-state index < -0.39 is 11.9 Å². The van der Waals surface area contributed by atoms with Crippen molar-refractivity contribution in [3.63, 3.8) is 0 Å². The maximum absolute atomic E-state index is 13.7. The predicted molar refractivity (Wildman–Crippen MR) is 105 cm³/mol. The van der Waals surface area contributed by atoms with Gasteiger partial charge in [-0.1, -0.05) is 12.8 Å². The minimum absolute atomic E-state index is 0.0123. The number of carbonyl (C=O) groups excluding carboxylic acids is 1. The van der Waals surface area contributed by atoms with Gasteiger partial charge in [-0.3, -0.25) is 9.48 Å². The maximum Gasteiger partial charge on any atom is 0.433 e. The molecule has 2 fully saturated rings. The lowest BCUT2D eigenvalue weighted by Crippen LogP contribution is -2.35. The zero-order chi connectivity index (χ0) is 21.8. The van der Waals surface area contributed by atoms with Gasteiger partial charge in [-0.25, -0.2) is 9.50 Å². The molecule has 0 spiro atoms. The van der Waals surface area contributed by atoms with Crippen molar-refractivity contribution in [3.8, 4) is 0 Å². The number of fused-ring (bicyclic) bond motifs is 1. The monoisotopic (exact) mass is 432 g/mol. The Hall–Kier alpha value is -2.91. The highest BCUT2D eigenvalue weighted by atomic mass is 19.4. The van der Waals surface area contributed by atoms with Gasteiger partial charge in [-0.15, -0.1) is 0 Å². The number of hydrogen-bond donors (Lipinski definition) is 0. The molecule has 0 radical (unpaired) electrons. The van der Waals surface area contributed by atoms with E-state index in [0.29, 0.717) is 12.2 Å². The van der Waals surface area contributed by atoms with Crippen molar-refractivity contribution >= 4 is 11.6 Å². The smallest absolute Gasteiger partial charge is 0.330 e. The molecule has 1 atom stereocenters. The third-order valence-corrected chi connectivity index (χ3v) is 6.08. The molecule has 1 saturated carbocycles. The lowest BCUT2D eigenvalue weighted by molar-refractivity contribution is -0.142. The summed E-state index contributed by atoms with van der Waals surface area (Å²) in [6.07, 6.45) is 4.29. The highest BCUT2D eigenvalue weighted by molar-refractivity contribution is 5.93. The first-order valence-electron chi connectivity index (χ1n) is 10.6. The van der Waals surface area contributed by atoms with Crippen molar-refractivity contribution in [1.82, 2.24) is 29.3 Å². The van der Waals surface area contributed by atoms with E-state index in [9.17, 15) is 18.0 Å². The molecule has 10 heteroatoms. The fourth-order valence-corrected chi connectivity index (χ4v) is 4.35. The number of hydrogen-bond acceptors (Lipinski definition) is 4. The van der Waals surface area contributed by atoms with Gasteiger partial charge in [0.15, 0.2) is 11.3 Å². The molecule has 1 amide bonds. The van der Waals surface area contributed by atoms with Gasteiger partial charge in [0.2, 0.25) is 0 Å². The zero-order valence-electron chi connectivity index (χ0n) is 17.1. The van der Waals surface area contributed by atoms with E-state index in [1.807, 2.05) is 13.2 Å². The highest BCUT2D eigenvalue weighted by Gasteiger charge is 2.38. The Labute approximate surface area is 176 Å². The Bertz CT molecular complexity index is 1130. The van der Waals surface area contributed by atoms with Gasteiger partial charge in [0.1, 0.15) is 5.69 Å². The van der Waals surface area contributed by atoms with Gasteiger partial charge in [-0.2, -0.15) is 23.4 Å². The van der Waals surface area contributed by atoms with Crippen LogP contribution in [0.2, 0.25) is 0 Å². The second-order valence-electron chi connectivity index (χ2n) is 8.45. The Morgan fingerprint density at radius 2 is 1.94 bits per heavy atom. The normalized spacial score (nSPS) is 20.3. The molecule has 0 bridgehead atoms. The van der Waals surface area contributed by atoms with Crippen LogP contribution in [0.5, 0.6) is 0 Å².